The van der Waals surface area contributed by atoms with Crippen LogP contribution in [0.3, 0.4) is 0 Å². The van der Waals surface area contributed by atoms with Crippen molar-refractivity contribution in [2.75, 3.05) is 0 Å². The Bertz CT molecular complexity index is 238. The van der Waals surface area contributed by atoms with E-state index in [9.17, 15) is 0 Å². The third-order valence-electron chi connectivity index (χ3n) is 5.68. The smallest absolute Gasteiger partial charge is 0.0185 e. The normalized spacial score (nSPS) is 49.5. The average molecular weight is 223 g/mol. The number of nitrogens with two attached hydrogens (primary N) is 1. The molecule has 2 aliphatic rings. The Morgan fingerprint density at radius 2 is 1.88 bits per heavy atom. The molecule has 2 rings (SSSR count). The Labute approximate surface area is 101 Å². The van der Waals surface area contributed by atoms with E-state index in [1.54, 1.807) is 0 Å². The van der Waals surface area contributed by atoms with Crippen LogP contribution in [0.25, 0.3) is 0 Å². The van der Waals surface area contributed by atoms with Gasteiger partial charge in [-0.1, -0.05) is 33.6 Å². The van der Waals surface area contributed by atoms with Gasteiger partial charge in [-0.15, -0.1) is 0 Å². The van der Waals surface area contributed by atoms with E-state index < -0.39 is 0 Å². The minimum atomic E-state index is 0.203. The molecule has 0 saturated heterocycles. The van der Waals surface area contributed by atoms with Crippen LogP contribution in [-0.2, 0) is 0 Å². The van der Waals surface area contributed by atoms with Crippen LogP contribution in [0.2, 0.25) is 0 Å². The van der Waals surface area contributed by atoms with E-state index in [1.165, 1.54) is 44.9 Å². The predicted molar refractivity (Wildman–Crippen MR) is 70.2 cm³/mol. The van der Waals surface area contributed by atoms with E-state index in [4.69, 9.17) is 5.73 Å². The lowest BCUT2D eigenvalue weighted by Gasteiger charge is -2.41. The van der Waals surface area contributed by atoms with Gasteiger partial charge in [0.05, 0.1) is 0 Å². The number of hydrogen-bond acceptors (Lipinski definition) is 1. The van der Waals surface area contributed by atoms with Gasteiger partial charge in [-0.05, 0) is 55.8 Å². The summed E-state index contributed by atoms with van der Waals surface area (Å²) in [4.78, 5) is 0. The van der Waals surface area contributed by atoms with Crippen LogP contribution in [-0.4, -0.2) is 5.54 Å². The van der Waals surface area contributed by atoms with Crippen molar-refractivity contribution >= 4 is 0 Å². The maximum absolute atomic E-state index is 6.71. The van der Waals surface area contributed by atoms with Crippen molar-refractivity contribution in [1.29, 1.82) is 0 Å². The van der Waals surface area contributed by atoms with E-state index in [0.29, 0.717) is 0 Å². The van der Waals surface area contributed by atoms with Crippen molar-refractivity contribution < 1.29 is 0 Å². The first-order valence-electron chi connectivity index (χ1n) is 7.34. The minimum absolute atomic E-state index is 0.203. The van der Waals surface area contributed by atoms with Gasteiger partial charge in [0, 0.05) is 5.54 Å². The molecule has 2 fully saturated rings. The predicted octanol–water partition coefficient (Wildman–Crippen LogP) is 3.97. The second-order valence-electron chi connectivity index (χ2n) is 6.71. The molecule has 0 spiro atoms. The van der Waals surface area contributed by atoms with Crippen molar-refractivity contribution in [2.24, 2.45) is 29.4 Å². The molecule has 0 aromatic carbocycles. The lowest BCUT2D eigenvalue weighted by atomic mass is 9.67. The fourth-order valence-corrected chi connectivity index (χ4v) is 4.00. The van der Waals surface area contributed by atoms with Gasteiger partial charge in [-0.2, -0.15) is 0 Å². The van der Waals surface area contributed by atoms with E-state index in [0.717, 1.165) is 23.7 Å². The van der Waals surface area contributed by atoms with E-state index in [-0.39, 0.29) is 5.54 Å². The fourth-order valence-electron chi connectivity index (χ4n) is 4.00. The monoisotopic (exact) mass is 223 g/mol. The second kappa shape index (κ2) is 4.68. The third kappa shape index (κ3) is 2.30. The summed E-state index contributed by atoms with van der Waals surface area (Å²) in [7, 11) is 0. The maximum Gasteiger partial charge on any atom is 0.0185 e. The summed E-state index contributed by atoms with van der Waals surface area (Å²) in [5.74, 6) is 3.54. The van der Waals surface area contributed by atoms with Crippen LogP contribution in [0.5, 0.6) is 0 Å². The maximum atomic E-state index is 6.71. The summed E-state index contributed by atoms with van der Waals surface area (Å²) in [6, 6.07) is 0. The van der Waals surface area contributed by atoms with Crippen molar-refractivity contribution in [3.05, 3.63) is 0 Å². The molecule has 0 aliphatic heterocycles. The highest BCUT2D eigenvalue weighted by Gasteiger charge is 2.43. The molecule has 5 atom stereocenters. The van der Waals surface area contributed by atoms with Gasteiger partial charge in [0.1, 0.15) is 0 Å². The first kappa shape index (κ1) is 12.4. The number of hydrogen-bond donors (Lipinski definition) is 1. The van der Waals surface area contributed by atoms with Gasteiger partial charge in [0.15, 0.2) is 0 Å². The lowest BCUT2D eigenvalue weighted by Crippen LogP contribution is -2.47. The minimum Gasteiger partial charge on any atom is -0.325 e. The molecule has 2 aliphatic carbocycles. The molecule has 94 valence electrons. The van der Waals surface area contributed by atoms with Gasteiger partial charge in [-0.25, -0.2) is 0 Å². The quantitative estimate of drug-likeness (QED) is 0.753. The Morgan fingerprint density at radius 1 is 1.12 bits per heavy atom. The summed E-state index contributed by atoms with van der Waals surface area (Å²) < 4.78 is 0. The van der Waals surface area contributed by atoms with Crippen LogP contribution < -0.4 is 5.73 Å². The molecule has 0 heterocycles. The highest BCUT2D eigenvalue weighted by molar-refractivity contribution is 5.00. The molecule has 1 heteroatoms. The largest absolute Gasteiger partial charge is 0.325 e. The summed E-state index contributed by atoms with van der Waals surface area (Å²) in [6.45, 7) is 7.15. The zero-order valence-electron chi connectivity index (χ0n) is 11.3. The second-order valence-corrected chi connectivity index (χ2v) is 6.71. The van der Waals surface area contributed by atoms with Crippen LogP contribution in [0.15, 0.2) is 0 Å². The Kier molecular flexibility index (Phi) is 3.63. The van der Waals surface area contributed by atoms with Gasteiger partial charge in [-0.3, -0.25) is 0 Å². The molecule has 0 amide bonds. The van der Waals surface area contributed by atoms with Gasteiger partial charge >= 0.3 is 0 Å². The molecule has 5 unspecified atom stereocenters. The van der Waals surface area contributed by atoms with Crippen LogP contribution in [0, 0.1) is 23.7 Å². The van der Waals surface area contributed by atoms with E-state index in [1.807, 2.05) is 0 Å². The zero-order valence-corrected chi connectivity index (χ0v) is 11.3. The van der Waals surface area contributed by atoms with Crippen molar-refractivity contribution in [1.82, 2.24) is 0 Å². The molecular weight excluding hydrogens is 194 g/mol. The van der Waals surface area contributed by atoms with E-state index in [2.05, 4.69) is 20.8 Å². The molecule has 16 heavy (non-hydrogen) atoms. The SMILES string of the molecule is CCC1CCC(N)(C2CCC(C)C(C)C2)C1. The number of rotatable bonds is 2. The molecule has 1 nitrogen and oxygen atoms in total. The Balaban J connectivity index is 1.97. The molecule has 0 aromatic heterocycles. The molecule has 0 aromatic rings. The van der Waals surface area contributed by atoms with E-state index >= 15 is 0 Å². The van der Waals surface area contributed by atoms with Gasteiger partial charge in [0.2, 0.25) is 0 Å². The Hall–Kier alpha value is -0.0400. The zero-order chi connectivity index (χ0) is 11.8. The van der Waals surface area contributed by atoms with Crippen molar-refractivity contribution in [3.63, 3.8) is 0 Å². The lowest BCUT2D eigenvalue weighted by molar-refractivity contribution is 0.132. The summed E-state index contributed by atoms with van der Waals surface area (Å²) in [6.07, 6.45) is 9.48. The molecular formula is C15H29N. The summed E-state index contributed by atoms with van der Waals surface area (Å²) in [5, 5.41) is 0. The highest BCUT2D eigenvalue weighted by Crippen LogP contribution is 2.46. The van der Waals surface area contributed by atoms with Gasteiger partial charge in [0.25, 0.3) is 0 Å². The molecule has 0 bridgehead atoms. The first-order valence-corrected chi connectivity index (χ1v) is 7.34. The van der Waals surface area contributed by atoms with Gasteiger partial charge < -0.3 is 5.73 Å². The first-order chi connectivity index (χ1) is 7.55. The average Bonchev–Trinajstić information content (AvgIpc) is 2.66. The van der Waals surface area contributed by atoms with Crippen LogP contribution in [0.1, 0.15) is 65.7 Å². The topological polar surface area (TPSA) is 26.0 Å². The highest BCUT2D eigenvalue weighted by atomic mass is 14.8. The Morgan fingerprint density at radius 3 is 2.44 bits per heavy atom. The van der Waals surface area contributed by atoms with Crippen molar-refractivity contribution in [2.45, 2.75) is 71.3 Å². The van der Waals surface area contributed by atoms with Crippen molar-refractivity contribution in [3.8, 4) is 0 Å². The third-order valence-corrected chi connectivity index (χ3v) is 5.68. The summed E-state index contributed by atoms with van der Waals surface area (Å²) >= 11 is 0. The fraction of sp³-hybridized carbons (Fsp3) is 1.00. The molecule has 2 N–H and O–H groups in total. The molecule has 0 radical (unpaired) electrons. The van der Waals surface area contributed by atoms with Crippen LogP contribution >= 0.6 is 0 Å². The molecule has 2 saturated carbocycles. The standard InChI is InChI=1S/C15H29N/c1-4-13-7-8-15(16,10-13)14-6-5-11(2)12(3)9-14/h11-14H,4-10,16H2,1-3H3. The summed E-state index contributed by atoms with van der Waals surface area (Å²) in [5.41, 5.74) is 6.91. The van der Waals surface area contributed by atoms with Crippen LogP contribution in [0.4, 0.5) is 0 Å².